The standard InChI is InChI=1S/C19H21N5O3S/c1-5-27-16(25)19(3,4)14-10-13(6-7-21-14)15-12(2)22-17(28-15)23-18(26)24-9-8-20-11-24/h6-11H,5H2,1-4H3,(H,22,23,26). The second-order valence-corrected chi connectivity index (χ2v) is 7.61. The molecule has 0 saturated carbocycles. The molecule has 0 bridgehead atoms. The van der Waals surface area contributed by atoms with Gasteiger partial charge in [-0.3, -0.25) is 19.7 Å². The molecule has 9 heteroatoms. The lowest BCUT2D eigenvalue weighted by molar-refractivity contribution is -0.148. The molecule has 0 aliphatic heterocycles. The van der Waals surface area contributed by atoms with Gasteiger partial charge in [0.05, 0.1) is 22.9 Å². The van der Waals surface area contributed by atoms with Crippen molar-refractivity contribution in [3.8, 4) is 10.4 Å². The van der Waals surface area contributed by atoms with Crippen LogP contribution >= 0.6 is 11.3 Å². The first-order valence-corrected chi connectivity index (χ1v) is 9.55. The first-order valence-electron chi connectivity index (χ1n) is 8.73. The Balaban J connectivity index is 1.87. The molecule has 146 valence electrons. The highest BCUT2D eigenvalue weighted by atomic mass is 32.1. The first kappa shape index (κ1) is 19.7. The highest BCUT2D eigenvalue weighted by Gasteiger charge is 2.33. The fraction of sp³-hybridized carbons (Fsp3) is 0.316. The van der Waals surface area contributed by atoms with Crippen molar-refractivity contribution in [1.29, 1.82) is 0 Å². The fourth-order valence-electron chi connectivity index (χ4n) is 2.58. The lowest BCUT2D eigenvalue weighted by Gasteiger charge is -2.22. The number of amides is 1. The van der Waals surface area contributed by atoms with E-state index in [-0.39, 0.29) is 12.0 Å². The van der Waals surface area contributed by atoms with Crippen LogP contribution in [0.15, 0.2) is 37.1 Å². The van der Waals surface area contributed by atoms with Gasteiger partial charge in [-0.1, -0.05) is 11.3 Å². The molecule has 3 heterocycles. The van der Waals surface area contributed by atoms with Crippen LogP contribution in [0.1, 0.15) is 32.2 Å². The fourth-order valence-corrected chi connectivity index (χ4v) is 3.54. The SMILES string of the molecule is CCOC(=O)C(C)(C)c1cc(-c2sc(NC(=O)n3ccnc3)nc2C)ccn1. The van der Waals surface area contributed by atoms with Crippen LogP contribution in [0.3, 0.4) is 0 Å². The zero-order valence-electron chi connectivity index (χ0n) is 16.1. The molecule has 3 aromatic rings. The van der Waals surface area contributed by atoms with E-state index in [9.17, 15) is 9.59 Å². The van der Waals surface area contributed by atoms with E-state index in [4.69, 9.17) is 4.74 Å². The van der Waals surface area contributed by atoms with E-state index >= 15 is 0 Å². The molecule has 1 amide bonds. The zero-order valence-corrected chi connectivity index (χ0v) is 16.9. The van der Waals surface area contributed by atoms with E-state index < -0.39 is 5.41 Å². The van der Waals surface area contributed by atoms with Gasteiger partial charge in [-0.25, -0.2) is 14.8 Å². The number of imidazole rings is 1. The third-order valence-corrected chi connectivity index (χ3v) is 5.32. The van der Waals surface area contributed by atoms with E-state index in [1.807, 2.05) is 19.1 Å². The van der Waals surface area contributed by atoms with Gasteiger partial charge in [0.15, 0.2) is 5.13 Å². The lowest BCUT2D eigenvalue weighted by Crippen LogP contribution is -2.32. The maximum atomic E-state index is 12.3. The van der Waals surface area contributed by atoms with E-state index in [0.717, 1.165) is 16.1 Å². The molecule has 3 aromatic heterocycles. The number of carbonyl (C=O) groups excluding carboxylic acids is 2. The van der Waals surface area contributed by atoms with Gasteiger partial charge in [-0.2, -0.15) is 0 Å². The largest absolute Gasteiger partial charge is 0.465 e. The summed E-state index contributed by atoms with van der Waals surface area (Å²) in [6.07, 6.45) is 6.17. The molecular weight excluding hydrogens is 378 g/mol. The summed E-state index contributed by atoms with van der Waals surface area (Å²) in [4.78, 5) is 38.0. The molecule has 0 radical (unpaired) electrons. The smallest absolute Gasteiger partial charge is 0.333 e. The van der Waals surface area contributed by atoms with Gasteiger partial charge in [0, 0.05) is 18.6 Å². The number of nitrogens with one attached hydrogen (secondary N) is 1. The molecular formula is C19H21N5O3S. The van der Waals surface area contributed by atoms with Gasteiger partial charge in [-0.15, -0.1) is 0 Å². The predicted molar refractivity (Wildman–Crippen MR) is 106 cm³/mol. The molecule has 0 aliphatic rings. The number of hydrogen-bond donors (Lipinski definition) is 1. The summed E-state index contributed by atoms with van der Waals surface area (Å²) in [5.41, 5.74) is 1.39. The Morgan fingerprint density at radius 2 is 2.11 bits per heavy atom. The van der Waals surface area contributed by atoms with E-state index in [1.54, 1.807) is 33.2 Å². The van der Waals surface area contributed by atoms with Crippen molar-refractivity contribution in [3.05, 3.63) is 48.4 Å². The number of nitrogens with zero attached hydrogens (tertiary/aromatic N) is 4. The van der Waals surface area contributed by atoms with Crippen molar-refractivity contribution in [2.45, 2.75) is 33.1 Å². The Hall–Kier alpha value is -3.07. The summed E-state index contributed by atoms with van der Waals surface area (Å²) in [6.45, 7) is 7.53. The van der Waals surface area contributed by atoms with Crippen LogP contribution in [0.4, 0.5) is 9.93 Å². The number of thiazole rings is 1. The molecule has 0 atom stereocenters. The number of aromatic nitrogens is 4. The summed E-state index contributed by atoms with van der Waals surface area (Å²) >= 11 is 1.36. The van der Waals surface area contributed by atoms with Gasteiger partial charge in [-0.05, 0) is 45.4 Å². The summed E-state index contributed by atoms with van der Waals surface area (Å²) in [7, 11) is 0. The van der Waals surface area contributed by atoms with Gasteiger partial charge in [0.2, 0.25) is 0 Å². The van der Waals surface area contributed by atoms with Crippen molar-refractivity contribution in [1.82, 2.24) is 19.5 Å². The van der Waals surface area contributed by atoms with Crippen molar-refractivity contribution in [2.75, 3.05) is 11.9 Å². The molecule has 3 rings (SSSR count). The Kier molecular flexibility index (Phi) is 5.55. The maximum Gasteiger partial charge on any atom is 0.333 e. The summed E-state index contributed by atoms with van der Waals surface area (Å²) in [5, 5.41) is 3.24. The molecule has 8 nitrogen and oxygen atoms in total. The van der Waals surface area contributed by atoms with Crippen LogP contribution in [-0.4, -0.2) is 38.1 Å². The number of aryl methyl sites for hydroxylation is 1. The number of rotatable bonds is 5. The number of carbonyl (C=O) groups is 2. The molecule has 0 aliphatic carbocycles. The molecule has 28 heavy (non-hydrogen) atoms. The minimum absolute atomic E-state index is 0.315. The Bertz CT molecular complexity index is 995. The molecule has 1 N–H and O–H groups in total. The Labute approximate surface area is 166 Å². The van der Waals surface area contributed by atoms with Crippen LogP contribution in [0, 0.1) is 6.92 Å². The minimum atomic E-state index is -0.872. The van der Waals surface area contributed by atoms with Crippen molar-refractivity contribution >= 4 is 28.5 Å². The van der Waals surface area contributed by atoms with Crippen molar-refractivity contribution in [2.24, 2.45) is 0 Å². The van der Waals surface area contributed by atoms with E-state index in [0.29, 0.717) is 17.4 Å². The summed E-state index contributed by atoms with van der Waals surface area (Å²) < 4.78 is 6.51. The number of anilines is 1. The minimum Gasteiger partial charge on any atom is -0.465 e. The van der Waals surface area contributed by atoms with Crippen LogP contribution in [0.2, 0.25) is 0 Å². The second-order valence-electron chi connectivity index (χ2n) is 6.61. The van der Waals surface area contributed by atoms with E-state index in [2.05, 4.69) is 20.3 Å². The normalized spacial score (nSPS) is 11.3. The number of ether oxygens (including phenoxy) is 1. The summed E-state index contributed by atoms with van der Waals surface area (Å²) in [6, 6.07) is 3.38. The van der Waals surface area contributed by atoms with Crippen LogP contribution in [-0.2, 0) is 14.9 Å². The van der Waals surface area contributed by atoms with Crippen LogP contribution in [0.25, 0.3) is 10.4 Å². The molecule has 0 unspecified atom stereocenters. The van der Waals surface area contributed by atoms with Crippen molar-refractivity contribution < 1.29 is 14.3 Å². The summed E-state index contributed by atoms with van der Waals surface area (Å²) in [5.74, 6) is -0.325. The Morgan fingerprint density at radius 1 is 1.32 bits per heavy atom. The zero-order chi connectivity index (χ0) is 20.3. The predicted octanol–water partition coefficient (Wildman–Crippen LogP) is 3.63. The van der Waals surface area contributed by atoms with Gasteiger partial charge in [0.1, 0.15) is 11.7 Å². The van der Waals surface area contributed by atoms with Crippen LogP contribution < -0.4 is 5.32 Å². The Morgan fingerprint density at radius 3 is 2.79 bits per heavy atom. The van der Waals surface area contributed by atoms with E-state index in [1.165, 1.54) is 28.4 Å². The monoisotopic (exact) mass is 399 g/mol. The van der Waals surface area contributed by atoms with Crippen LogP contribution in [0.5, 0.6) is 0 Å². The average Bonchev–Trinajstić information content (AvgIpc) is 3.32. The number of esters is 1. The van der Waals surface area contributed by atoms with Crippen molar-refractivity contribution in [3.63, 3.8) is 0 Å². The average molecular weight is 399 g/mol. The lowest BCUT2D eigenvalue weighted by atomic mass is 9.88. The first-order chi connectivity index (χ1) is 13.3. The highest BCUT2D eigenvalue weighted by Crippen LogP contribution is 2.34. The third kappa shape index (κ3) is 3.94. The van der Waals surface area contributed by atoms with Gasteiger partial charge in [0.25, 0.3) is 0 Å². The molecule has 0 saturated heterocycles. The molecule has 0 spiro atoms. The maximum absolute atomic E-state index is 12.3. The second kappa shape index (κ2) is 7.89. The quantitative estimate of drug-likeness (QED) is 0.658. The molecule has 0 aromatic carbocycles. The number of pyridine rings is 1. The van der Waals surface area contributed by atoms with Gasteiger partial charge >= 0.3 is 12.0 Å². The number of hydrogen-bond acceptors (Lipinski definition) is 7. The van der Waals surface area contributed by atoms with Gasteiger partial charge < -0.3 is 4.74 Å². The third-order valence-electron chi connectivity index (χ3n) is 4.20. The highest BCUT2D eigenvalue weighted by molar-refractivity contribution is 7.19. The topological polar surface area (TPSA) is 99.0 Å². The molecule has 0 fully saturated rings.